The number of anilines is 1. The molecule has 5 nitrogen and oxygen atoms in total. The first-order valence-corrected chi connectivity index (χ1v) is 7.56. The van der Waals surface area contributed by atoms with Crippen molar-refractivity contribution in [3.63, 3.8) is 0 Å². The van der Waals surface area contributed by atoms with Crippen molar-refractivity contribution in [3.05, 3.63) is 20.3 Å². The number of hydrogen-bond acceptors (Lipinski definition) is 4. The highest BCUT2D eigenvalue weighted by Gasteiger charge is 2.30. The molecule has 0 aromatic carbocycles. The Labute approximate surface area is 120 Å². The Morgan fingerprint density at radius 3 is 3.11 bits per heavy atom. The number of hydrogen-bond donors (Lipinski definition) is 1. The van der Waals surface area contributed by atoms with Crippen LogP contribution in [0.3, 0.4) is 0 Å². The van der Waals surface area contributed by atoms with Crippen LogP contribution in [0, 0.1) is 3.57 Å². The van der Waals surface area contributed by atoms with E-state index >= 15 is 0 Å². The number of aromatic amines is 1. The molecule has 6 heteroatoms. The van der Waals surface area contributed by atoms with Gasteiger partial charge in [-0.05, 0) is 42.0 Å². The minimum absolute atomic E-state index is 0.0355. The van der Waals surface area contributed by atoms with Crippen LogP contribution in [0.25, 0.3) is 0 Å². The number of piperidine rings is 1. The Kier molecular flexibility index (Phi) is 3.56. The molecule has 2 aliphatic rings. The van der Waals surface area contributed by atoms with Gasteiger partial charge in [-0.1, -0.05) is 6.42 Å². The third-order valence-corrected chi connectivity index (χ3v) is 4.89. The molecule has 0 spiro atoms. The average molecular weight is 360 g/mol. The predicted molar refractivity (Wildman–Crippen MR) is 79.0 cm³/mol. The maximum Gasteiger partial charge on any atom is 0.266 e. The van der Waals surface area contributed by atoms with E-state index in [1.54, 1.807) is 0 Å². The van der Waals surface area contributed by atoms with Gasteiger partial charge in [0.25, 0.3) is 5.56 Å². The van der Waals surface area contributed by atoms with Crippen molar-refractivity contribution in [2.45, 2.75) is 25.3 Å². The van der Waals surface area contributed by atoms with Crippen LogP contribution in [-0.2, 0) is 0 Å². The lowest BCUT2D eigenvalue weighted by Gasteiger charge is -2.44. The van der Waals surface area contributed by atoms with Gasteiger partial charge in [0.2, 0.25) is 0 Å². The lowest BCUT2D eigenvalue weighted by molar-refractivity contribution is 0.133. The first-order chi connectivity index (χ1) is 8.75. The third-order valence-electron chi connectivity index (χ3n) is 3.92. The highest BCUT2D eigenvalue weighted by Crippen LogP contribution is 2.25. The number of halogens is 1. The molecule has 1 aromatic rings. The summed E-state index contributed by atoms with van der Waals surface area (Å²) in [7, 11) is 0. The summed E-state index contributed by atoms with van der Waals surface area (Å²) in [4.78, 5) is 23.4. The quantitative estimate of drug-likeness (QED) is 0.761. The molecule has 2 saturated heterocycles. The van der Waals surface area contributed by atoms with Crippen LogP contribution in [0.5, 0.6) is 0 Å². The van der Waals surface area contributed by atoms with Crippen LogP contribution < -0.4 is 10.5 Å². The maximum absolute atomic E-state index is 11.6. The second-order valence-corrected chi connectivity index (χ2v) is 6.08. The zero-order chi connectivity index (χ0) is 12.5. The van der Waals surface area contributed by atoms with Gasteiger partial charge in [0.15, 0.2) is 0 Å². The topological polar surface area (TPSA) is 52.2 Å². The summed E-state index contributed by atoms with van der Waals surface area (Å²) in [5.74, 6) is 0.851. The fraction of sp³-hybridized carbons (Fsp3) is 0.667. The molecule has 0 aliphatic carbocycles. The molecule has 3 heterocycles. The van der Waals surface area contributed by atoms with E-state index in [4.69, 9.17) is 0 Å². The maximum atomic E-state index is 11.6. The summed E-state index contributed by atoms with van der Waals surface area (Å²) in [5.41, 5.74) is -0.0355. The first-order valence-electron chi connectivity index (χ1n) is 6.48. The highest BCUT2D eigenvalue weighted by atomic mass is 127. The Bertz CT molecular complexity index is 489. The van der Waals surface area contributed by atoms with E-state index in [0.29, 0.717) is 9.61 Å². The fourth-order valence-electron chi connectivity index (χ4n) is 2.94. The average Bonchev–Trinajstić information content (AvgIpc) is 2.41. The molecule has 1 aromatic heterocycles. The molecule has 0 amide bonds. The van der Waals surface area contributed by atoms with Gasteiger partial charge in [0.1, 0.15) is 9.39 Å². The van der Waals surface area contributed by atoms with Gasteiger partial charge in [-0.15, -0.1) is 0 Å². The number of fused-ring (bicyclic) bond motifs is 1. The molecule has 2 aliphatic heterocycles. The molecule has 2 fully saturated rings. The second kappa shape index (κ2) is 5.16. The summed E-state index contributed by atoms with van der Waals surface area (Å²) in [5, 5.41) is 0. The van der Waals surface area contributed by atoms with Gasteiger partial charge in [0, 0.05) is 25.7 Å². The molecule has 3 rings (SSSR count). The standard InChI is InChI=1S/C12H17IN4O/c13-10-11(14-8-15-12(10)18)17-6-5-16-4-2-1-3-9(16)7-17/h8-9H,1-7H2,(H,14,15,18). The van der Waals surface area contributed by atoms with E-state index in [-0.39, 0.29) is 5.56 Å². The summed E-state index contributed by atoms with van der Waals surface area (Å²) < 4.78 is 0.708. The summed E-state index contributed by atoms with van der Waals surface area (Å²) in [6, 6.07) is 0.643. The lowest BCUT2D eigenvalue weighted by Crippen LogP contribution is -2.55. The van der Waals surface area contributed by atoms with Crippen LogP contribution >= 0.6 is 22.6 Å². The molecular formula is C12H17IN4O. The van der Waals surface area contributed by atoms with Gasteiger partial charge < -0.3 is 9.88 Å². The Morgan fingerprint density at radius 2 is 2.22 bits per heavy atom. The van der Waals surface area contributed by atoms with Crippen molar-refractivity contribution in [1.82, 2.24) is 14.9 Å². The van der Waals surface area contributed by atoms with Gasteiger partial charge in [-0.2, -0.15) is 0 Å². The number of piperazine rings is 1. The van der Waals surface area contributed by atoms with E-state index < -0.39 is 0 Å². The van der Waals surface area contributed by atoms with E-state index in [2.05, 4.69) is 42.4 Å². The lowest BCUT2D eigenvalue weighted by atomic mass is 9.99. The number of H-pyrrole nitrogens is 1. The van der Waals surface area contributed by atoms with Crippen LogP contribution in [0.15, 0.2) is 11.1 Å². The van der Waals surface area contributed by atoms with E-state index in [1.807, 2.05) is 0 Å². The second-order valence-electron chi connectivity index (χ2n) is 5.00. The van der Waals surface area contributed by atoms with Gasteiger partial charge >= 0.3 is 0 Å². The molecule has 1 atom stereocenters. The minimum Gasteiger partial charge on any atom is -0.353 e. The van der Waals surface area contributed by atoms with Gasteiger partial charge in [0.05, 0.1) is 6.33 Å². The smallest absolute Gasteiger partial charge is 0.266 e. The molecule has 0 bridgehead atoms. The zero-order valence-electron chi connectivity index (χ0n) is 10.2. The fourth-order valence-corrected chi connectivity index (χ4v) is 3.58. The van der Waals surface area contributed by atoms with Gasteiger partial charge in [-0.3, -0.25) is 9.69 Å². The molecular weight excluding hydrogens is 343 g/mol. The van der Waals surface area contributed by atoms with Crippen molar-refractivity contribution in [1.29, 1.82) is 0 Å². The van der Waals surface area contributed by atoms with Crippen LogP contribution in [-0.4, -0.2) is 47.1 Å². The molecule has 1 unspecified atom stereocenters. The number of rotatable bonds is 1. The third kappa shape index (κ3) is 2.27. The number of aromatic nitrogens is 2. The zero-order valence-corrected chi connectivity index (χ0v) is 12.4. The Balaban J connectivity index is 1.81. The first kappa shape index (κ1) is 12.4. The van der Waals surface area contributed by atoms with Crippen molar-refractivity contribution < 1.29 is 0 Å². The summed E-state index contributed by atoms with van der Waals surface area (Å²) in [6.45, 7) is 4.31. The number of nitrogens with one attached hydrogen (secondary N) is 1. The SMILES string of the molecule is O=c1[nH]cnc(N2CCN3CCCCC3C2)c1I. The summed E-state index contributed by atoms with van der Waals surface area (Å²) >= 11 is 2.09. The van der Waals surface area contributed by atoms with E-state index in [1.165, 1.54) is 32.1 Å². The Morgan fingerprint density at radius 1 is 1.33 bits per heavy atom. The van der Waals surface area contributed by atoms with Crippen molar-refractivity contribution in [3.8, 4) is 0 Å². The minimum atomic E-state index is -0.0355. The van der Waals surface area contributed by atoms with Gasteiger partial charge in [-0.25, -0.2) is 4.98 Å². The molecule has 18 heavy (non-hydrogen) atoms. The molecule has 0 saturated carbocycles. The monoisotopic (exact) mass is 360 g/mol. The molecule has 1 N–H and O–H groups in total. The predicted octanol–water partition coefficient (Wildman–Crippen LogP) is 1.05. The van der Waals surface area contributed by atoms with Crippen LogP contribution in [0.2, 0.25) is 0 Å². The molecule has 0 radical (unpaired) electrons. The normalized spacial score (nSPS) is 24.9. The largest absolute Gasteiger partial charge is 0.353 e. The van der Waals surface area contributed by atoms with Crippen molar-refractivity contribution in [2.24, 2.45) is 0 Å². The van der Waals surface area contributed by atoms with Crippen LogP contribution in [0.1, 0.15) is 19.3 Å². The number of nitrogens with zero attached hydrogens (tertiary/aromatic N) is 3. The van der Waals surface area contributed by atoms with Crippen LogP contribution in [0.4, 0.5) is 5.82 Å². The Hall–Kier alpha value is -0.630. The molecule has 98 valence electrons. The summed E-state index contributed by atoms with van der Waals surface area (Å²) in [6.07, 6.45) is 5.44. The highest BCUT2D eigenvalue weighted by molar-refractivity contribution is 14.1. The van der Waals surface area contributed by atoms with Crippen molar-refractivity contribution >= 4 is 28.4 Å². The van der Waals surface area contributed by atoms with Crippen molar-refractivity contribution in [2.75, 3.05) is 31.1 Å². The van der Waals surface area contributed by atoms with E-state index in [0.717, 1.165) is 25.5 Å². The van der Waals surface area contributed by atoms with E-state index in [9.17, 15) is 4.79 Å².